The molecule has 0 aliphatic heterocycles. The second-order valence-corrected chi connectivity index (χ2v) is 5.45. The molecule has 108 valence electrons. The molecular formula is C13H15BrN2O4. The Morgan fingerprint density at radius 1 is 1.45 bits per heavy atom. The lowest BCUT2D eigenvalue weighted by atomic mass is 10.2. The lowest BCUT2D eigenvalue weighted by molar-refractivity contribution is -0.139. The quantitative estimate of drug-likeness (QED) is 0.766. The van der Waals surface area contributed by atoms with Crippen LogP contribution in [0.2, 0.25) is 0 Å². The van der Waals surface area contributed by atoms with Gasteiger partial charge in [0.05, 0.1) is 12.8 Å². The summed E-state index contributed by atoms with van der Waals surface area (Å²) < 4.78 is 5.76. The molecule has 3 N–H and O–H groups in total. The molecule has 1 aromatic carbocycles. The van der Waals surface area contributed by atoms with Crippen molar-refractivity contribution in [2.75, 3.05) is 12.4 Å². The van der Waals surface area contributed by atoms with E-state index in [9.17, 15) is 9.59 Å². The average molecular weight is 343 g/mol. The number of halogens is 1. The fourth-order valence-electron chi connectivity index (χ4n) is 1.84. The molecule has 0 saturated heterocycles. The van der Waals surface area contributed by atoms with Crippen molar-refractivity contribution in [1.82, 2.24) is 5.32 Å². The van der Waals surface area contributed by atoms with Gasteiger partial charge in [-0.05, 0) is 46.8 Å². The van der Waals surface area contributed by atoms with E-state index in [0.717, 1.165) is 12.8 Å². The summed E-state index contributed by atoms with van der Waals surface area (Å²) in [6.45, 7) is 0. The molecule has 1 fully saturated rings. The highest BCUT2D eigenvalue weighted by Gasteiger charge is 2.37. The summed E-state index contributed by atoms with van der Waals surface area (Å²) in [7, 11) is 1.53. The number of hydrogen-bond acceptors (Lipinski definition) is 3. The van der Waals surface area contributed by atoms with E-state index in [2.05, 4.69) is 26.6 Å². The maximum atomic E-state index is 11.9. The minimum Gasteiger partial charge on any atom is -0.497 e. The Hall–Kier alpha value is -1.76. The molecule has 1 aliphatic rings. The molecule has 2 amide bonds. The molecule has 0 heterocycles. The number of carboxylic acids is 1. The van der Waals surface area contributed by atoms with Crippen molar-refractivity contribution in [3.63, 3.8) is 0 Å². The second kappa shape index (κ2) is 6.13. The molecule has 1 saturated carbocycles. The van der Waals surface area contributed by atoms with Crippen LogP contribution in [0.3, 0.4) is 0 Å². The number of carbonyl (C=O) groups excluding carboxylic acids is 1. The molecule has 0 spiro atoms. The van der Waals surface area contributed by atoms with E-state index in [-0.39, 0.29) is 5.92 Å². The summed E-state index contributed by atoms with van der Waals surface area (Å²) in [5.41, 5.74) is 0.516. The largest absolute Gasteiger partial charge is 0.497 e. The predicted molar refractivity (Wildman–Crippen MR) is 77.0 cm³/mol. The molecule has 6 nitrogen and oxygen atoms in total. The summed E-state index contributed by atoms with van der Waals surface area (Å²) in [6, 6.07) is 3.76. The molecule has 20 heavy (non-hydrogen) atoms. The zero-order valence-corrected chi connectivity index (χ0v) is 12.4. The number of ether oxygens (including phenoxy) is 1. The summed E-state index contributed by atoms with van der Waals surface area (Å²) in [5, 5.41) is 14.2. The smallest absolute Gasteiger partial charge is 0.326 e. The Labute approximate surface area is 124 Å². The Bertz CT molecular complexity index is 531. The number of benzene rings is 1. The van der Waals surface area contributed by atoms with Crippen molar-refractivity contribution in [2.45, 2.75) is 18.9 Å². The molecule has 1 unspecified atom stereocenters. The fourth-order valence-corrected chi connectivity index (χ4v) is 2.18. The van der Waals surface area contributed by atoms with Crippen LogP contribution in [0.5, 0.6) is 5.75 Å². The van der Waals surface area contributed by atoms with Gasteiger partial charge in [-0.1, -0.05) is 0 Å². The van der Waals surface area contributed by atoms with E-state index < -0.39 is 18.0 Å². The summed E-state index contributed by atoms with van der Waals surface area (Å²) >= 11 is 3.31. The monoisotopic (exact) mass is 342 g/mol. The van der Waals surface area contributed by atoms with Crippen LogP contribution in [0.25, 0.3) is 0 Å². The molecular weight excluding hydrogens is 328 g/mol. The Balaban J connectivity index is 2.02. The normalized spacial score (nSPS) is 15.3. The highest BCUT2D eigenvalue weighted by Crippen LogP contribution is 2.33. The summed E-state index contributed by atoms with van der Waals surface area (Å²) in [5.74, 6) is -0.375. The zero-order valence-electron chi connectivity index (χ0n) is 10.9. The van der Waals surface area contributed by atoms with Crippen molar-refractivity contribution in [1.29, 1.82) is 0 Å². The van der Waals surface area contributed by atoms with Crippen LogP contribution in [-0.2, 0) is 4.79 Å². The molecule has 0 bridgehead atoms. The van der Waals surface area contributed by atoms with Crippen LogP contribution in [0, 0.1) is 5.92 Å². The number of methoxy groups -OCH3 is 1. The van der Waals surface area contributed by atoms with E-state index in [1.807, 2.05) is 0 Å². The van der Waals surface area contributed by atoms with Gasteiger partial charge in [-0.2, -0.15) is 0 Å². The van der Waals surface area contributed by atoms with E-state index >= 15 is 0 Å². The first-order valence-electron chi connectivity index (χ1n) is 6.15. The van der Waals surface area contributed by atoms with Gasteiger partial charge in [-0.25, -0.2) is 9.59 Å². The third-order valence-corrected chi connectivity index (χ3v) is 3.76. The number of rotatable bonds is 5. The lowest BCUT2D eigenvalue weighted by Crippen LogP contribution is -2.44. The van der Waals surface area contributed by atoms with Gasteiger partial charge in [-0.3, -0.25) is 0 Å². The molecule has 7 heteroatoms. The van der Waals surface area contributed by atoms with Gasteiger partial charge in [0.2, 0.25) is 0 Å². The minimum absolute atomic E-state index is 0.0343. The maximum absolute atomic E-state index is 11.9. The fraction of sp³-hybridized carbons (Fsp3) is 0.385. The number of nitrogens with one attached hydrogen (secondary N) is 2. The van der Waals surface area contributed by atoms with Gasteiger partial charge in [0, 0.05) is 10.5 Å². The number of aliphatic carboxylic acids is 1. The number of urea groups is 1. The first-order valence-corrected chi connectivity index (χ1v) is 6.94. The number of amides is 2. The minimum atomic E-state index is -1.01. The number of carbonyl (C=O) groups is 2. The van der Waals surface area contributed by atoms with E-state index in [4.69, 9.17) is 9.84 Å². The Kier molecular flexibility index (Phi) is 4.49. The van der Waals surface area contributed by atoms with E-state index in [1.165, 1.54) is 7.11 Å². The number of hydrogen-bond donors (Lipinski definition) is 3. The van der Waals surface area contributed by atoms with Crippen molar-refractivity contribution in [3.05, 3.63) is 22.7 Å². The van der Waals surface area contributed by atoms with Crippen molar-refractivity contribution < 1.29 is 19.4 Å². The van der Waals surface area contributed by atoms with Gasteiger partial charge in [0.25, 0.3) is 0 Å². The van der Waals surface area contributed by atoms with Crippen LogP contribution in [0.4, 0.5) is 10.5 Å². The number of carboxylic acid groups (broad SMARTS) is 1. The second-order valence-electron chi connectivity index (χ2n) is 4.60. The molecule has 0 aromatic heterocycles. The van der Waals surface area contributed by atoms with Crippen molar-refractivity contribution >= 4 is 33.6 Å². The topological polar surface area (TPSA) is 87.7 Å². The van der Waals surface area contributed by atoms with Crippen LogP contribution in [0.15, 0.2) is 22.7 Å². The summed E-state index contributed by atoms with van der Waals surface area (Å²) in [4.78, 5) is 22.9. The SMILES string of the molecule is COc1ccc(Br)c(NC(=O)NC(C(=O)O)C2CC2)c1. The third kappa shape index (κ3) is 3.63. The van der Waals surface area contributed by atoms with Gasteiger partial charge < -0.3 is 20.5 Å². The molecule has 1 atom stereocenters. The predicted octanol–water partition coefficient (Wildman–Crippen LogP) is 2.44. The first kappa shape index (κ1) is 14.6. The highest BCUT2D eigenvalue weighted by molar-refractivity contribution is 9.10. The Morgan fingerprint density at radius 2 is 2.15 bits per heavy atom. The van der Waals surface area contributed by atoms with Gasteiger partial charge in [0.1, 0.15) is 11.8 Å². The molecule has 1 aliphatic carbocycles. The van der Waals surface area contributed by atoms with Crippen LogP contribution in [0.1, 0.15) is 12.8 Å². The van der Waals surface area contributed by atoms with Crippen LogP contribution >= 0.6 is 15.9 Å². The van der Waals surface area contributed by atoms with E-state index in [0.29, 0.717) is 15.9 Å². The standard InChI is InChI=1S/C13H15BrN2O4/c1-20-8-4-5-9(14)10(6-8)15-13(19)16-11(12(17)18)7-2-3-7/h4-7,11H,2-3H2,1H3,(H,17,18)(H2,15,16,19). The number of anilines is 1. The van der Waals surface area contributed by atoms with Crippen molar-refractivity contribution in [3.8, 4) is 5.75 Å². The van der Waals surface area contributed by atoms with Crippen LogP contribution in [-0.4, -0.2) is 30.3 Å². The molecule has 0 radical (unpaired) electrons. The molecule has 2 rings (SSSR count). The Morgan fingerprint density at radius 3 is 2.70 bits per heavy atom. The summed E-state index contributed by atoms with van der Waals surface area (Å²) in [6.07, 6.45) is 1.67. The highest BCUT2D eigenvalue weighted by atomic mass is 79.9. The van der Waals surface area contributed by atoms with Crippen molar-refractivity contribution in [2.24, 2.45) is 5.92 Å². The maximum Gasteiger partial charge on any atom is 0.326 e. The van der Waals surface area contributed by atoms with Gasteiger partial charge in [0.15, 0.2) is 0 Å². The van der Waals surface area contributed by atoms with E-state index in [1.54, 1.807) is 18.2 Å². The average Bonchev–Trinajstić information content (AvgIpc) is 3.22. The van der Waals surface area contributed by atoms with Gasteiger partial charge in [-0.15, -0.1) is 0 Å². The molecule has 1 aromatic rings. The lowest BCUT2D eigenvalue weighted by Gasteiger charge is -2.15. The third-order valence-electron chi connectivity index (χ3n) is 3.07. The van der Waals surface area contributed by atoms with Gasteiger partial charge >= 0.3 is 12.0 Å². The van der Waals surface area contributed by atoms with Crippen LogP contribution < -0.4 is 15.4 Å². The first-order chi connectivity index (χ1) is 9.51. The zero-order chi connectivity index (χ0) is 14.7.